The third-order valence-corrected chi connectivity index (χ3v) is 6.05. The first-order valence-corrected chi connectivity index (χ1v) is 10.6. The average molecular weight is 430 g/mol. The lowest BCUT2D eigenvalue weighted by Gasteiger charge is -2.34. The minimum Gasteiger partial charge on any atom is -0.508 e. The number of piperazine rings is 1. The van der Waals surface area contributed by atoms with Crippen LogP contribution in [0.15, 0.2) is 59.6 Å². The number of hydrogen-bond acceptors (Lipinski definition) is 5. The minimum absolute atomic E-state index is 0.0487. The maximum atomic E-state index is 14.6. The fraction of sp³-hybridized carbons (Fsp3) is 0.240. The third kappa shape index (κ3) is 3.65. The van der Waals surface area contributed by atoms with Crippen LogP contribution in [0.4, 0.5) is 4.39 Å². The second kappa shape index (κ2) is 8.16. The van der Waals surface area contributed by atoms with E-state index in [1.165, 1.54) is 12.1 Å². The fourth-order valence-electron chi connectivity index (χ4n) is 4.42. The topological polar surface area (TPSA) is 77.8 Å². The number of carbonyl (C=O) groups is 1. The zero-order valence-corrected chi connectivity index (χ0v) is 17.7. The van der Waals surface area contributed by atoms with Gasteiger partial charge in [0.2, 0.25) is 0 Å². The Morgan fingerprint density at radius 1 is 1.19 bits per heavy atom. The normalized spacial score (nSPS) is 17.8. The van der Waals surface area contributed by atoms with Crippen molar-refractivity contribution >= 4 is 11.6 Å². The van der Waals surface area contributed by atoms with Gasteiger partial charge in [0.15, 0.2) is 0 Å². The number of pyridine rings is 1. The molecule has 5 rings (SSSR count). The van der Waals surface area contributed by atoms with Gasteiger partial charge in [-0.2, -0.15) is 0 Å². The SMILES string of the molecule is CC1=NCc2nc(-c3ccc(O)cc3F)cc(C(=O)N3CCNC(c4ccccc4)C3)c21. The molecule has 2 aliphatic heterocycles. The highest BCUT2D eigenvalue weighted by atomic mass is 19.1. The third-order valence-electron chi connectivity index (χ3n) is 6.05. The maximum Gasteiger partial charge on any atom is 0.254 e. The number of rotatable bonds is 3. The molecule has 0 saturated carbocycles. The molecule has 32 heavy (non-hydrogen) atoms. The van der Waals surface area contributed by atoms with Gasteiger partial charge in [-0.3, -0.25) is 9.79 Å². The number of phenols is 1. The molecule has 2 aliphatic rings. The summed E-state index contributed by atoms with van der Waals surface area (Å²) in [5.74, 6) is -0.851. The zero-order chi connectivity index (χ0) is 22.2. The molecular weight excluding hydrogens is 407 g/mol. The molecule has 1 saturated heterocycles. The van der Waals surface area contributed by atoms with Gasteiger partial charge in [-0.1, -0.05) is 30.3 Å². The molecule has 1 aromatic heterocycles. The first-order chi connectivity index (χ1) is 15.5. The van der Waals surface area contributed by atoms with Crippen LogP contribution in [0.3, 0.4) is 0 Å². The molecule has 3 heterocycles. The van der Waals surface area contributed by atoms with Crippen LogP contribution in [-0.2, 0) is 6.54 Å². The number of aromatic hydroxyl groups is 1. The van der Waals surface area contributed by atoms with Crippen LogP contribution >= 0.6 is 0 Å². The Balaban J connectivity index is 1.52. The van der Waals surface area contributed by atoms with E-state index in [2.05, 4.69) is 27.4 Å². The molecule has 0 radical (unpaired) electrons. The number of benzene rings is 2. The van der Waals surface area contributed by atoms with Gasteiger partial charge in [0.05, 0.1) is 23.5 Å². The van der Waals surface area contributed by atoms with Crippen molar-refractivity contribution in [3.63, 3.8) is 0 Å². The predicted octanol–water partition coefficient (Wildman–Crippen LogP) is 3.70. The van der Waals surface area contributed by atoms with E-state index in [0.29, 0.717) is 43.1 Å². The lowest BCUT2D eigenvalue weighted by molar-refractivity contribution is 0.0702. The summed E-state index contributed by atoms with van der Waals surface area (Å²) in [5, 5.41) is 13.0. The van der Waals surface area contributed by atoms with Gasteiger partial charge < -0.3 is 15.3 Å². The smallest absolute Gasteiger partial charge is 0.254 e. The Labute approximate surface area is 185 Å². The lowest BCUT2D eigenvalue weighted by Crippen LogP contribution is -2.48. The summed E-state index contributed by atoms with van der Waals surface area (Å²) in [5.41, 5.74) is 4.41. The number of aromatic nitrogens is 1. The highest BCUT2D eigenvalue weighted by Gasteiger charge is 2.30. The largest absolute Gasteiger partial charge is 0.508 e. The van der Waals surface area contributed by atoms with Crippen LogP contribution in [0, 0.1) is 5.82 Å². The van der Waals surface area contributed by atoms with Crippen molar-refractivity contribution in [2.24, 2.45) is 4.99 Å². The predicted molar refractivity (Wildman–Crippen MR) is 120 cm³/mol. The molecule has 2 N–H and O–H groups in total. The lowest BCUT2D eigenvalue weighted by atomic mass is 9.98. The van der Waals surface area contributed by atoms with E-state index in [-0.39, 0.29) is 23.3 Å². The second-order valence-electron chi connectivity index (χ2n) is 8.11. The summed E-state index contributed by atoms with van der Waals surface area (Å²) in [6.45, 7) is 4.04. The molecular formula is C25H23FN4O2. The molecule has 3 aromatic rings. The van der Waals surface area contributed by atoms with Crippen molar-refractivity contribution in [2.45, 2.75) is 19.5 Å². The molecule has 1 unspecified atom stereocenters. The van der Waals surface area contributed by atoms with Crippen LogP contribution in [0.1, 0.15) is 40.1 Å². The molecule has 1 atom stereocenters. The van der Waals surface area contributed by atoms with Crippen LogP contribution < -0.4 is 5.32 Å². The van der Waals surface area contributed by atoms with Crippen molar-refractivity contribution in [3.05, 3.63) is 82.8 Å². The number of nitrogens with zero attached hydrogens (tertiary/aromatic N) is 3. The summed E-state index contributed by atoms with van der Waals surface area (Å²) in [6, 6.07) is 15.7. The highest BCUT2D eigenvalue weighted by Crippen LogP contribution is 2.31. The van der Waals surface area contributed by atoms with Crippen molar-refractivity contribution in [3.8, 4) is 17.0 Å². The van der Waals surface area contributed by atoms with E-state index in [0.717, 1.165) is 22.9 Å². The molecule has 2 aromatic carbocycles. The number of halogens is 1. The van der Waals surface area contributed by atoms with Crippen molar-refractivity contribution in [2.75, 3.05) is 19.6 Å². The molecule has 0 spiro atoms. The van der Waals surface area contributed by atoms with Gasteiger partial charge in [0.25, 0.3) is 5.91 Å². The van der Waals surface area contributed by atoms with Crippen molar-refractivity contribution < 1.29 is 14.3 Å². The summed E-state index contributed by atoms with van der Waals surface area (Å²) in [7, 11) is 0. The molecule has 7 heteroatoms. The zero-order valence-electron chi connectivity index (χ0n) is 17.7. The van der Waals surface area contributed by atoms with Crippen molar-refractivity contribution in [1.82, 2.24) is 15.2 Å². The molecule has 6 nitrogen and oxygen atoms in total. The van der Waals surface area contributed by atoms with Gasteiger partial charge in [0, 0.05) is 48.6 Å². The number of aliphatic imine (C=N–C) groups is 1. The highest BCUT2D eigenvalue weighted by molar-refractivity contribution is 6.11. The second-order valence-corrected chi connectivity index (χ2v) is 8.11. The average Bonchev–Trinajstić information content (AvgIpc) is 3.19. The number of phenolic OH excluding ortho intramolecular Hbond substituents is 1. The standard InChI is InChI=1S/C25H23FN4O2/c1-15-24-19(25(32)30-10-9-27-23(14-30)16-5-3-2-4-6-16)12-21(29-22(24)13-28-15)18-8-7-17(31)11-20(18)26/h2-8,11-12,23,27,31H,9-10,13-14H2,1H3. The number of carbonyl (C=O) groups excluding carboxylic acids is 1. The van der Waals surface area contributed by atoms with E-state index < -0.39 is 5.82 Å². The van der Waals surface area contributed by atoms with Crippen LogP contribution in [0.5, 0.6) is 5.75 Å². The van der Waals surface area contributed by atoms with E-state index in [1.54, 1.807) is 6.07 Å². The van der Waals surface area contributed by atoms with Crippen LogP contribution in [0.25, 0.3) is 11.3 Å². The molecule has 0 aliphatic carbocycles. The summed E-state index contributed by atoms with van der Waals surface area (Å²) in [6.07, 6.45) is 0. The molecule has 0 bridgehead atoms. The van der Waals surface area contributed by atoms with Gasteiger partial charge >= 0.3 is 0 Å². The Kier molecular flexibility index (Phi) is 5.19. The van der Waals surface area contributed by atoms with Gasteiger partial charge in [-0.05, 0) is 30.7 Å². The van der Waals surface area contributed by atoms with E-state index >= 15 is 0 Å². The fourth-order valence-corrected chi connectivity index (χ4v) is 4.42. The number of hydrogen-bond donors (Lipinski definition) is 2. The summed E-state index contributed by atoms with van der Waals surface area (Å²) >= 11 is 0. The van der Waals surface area contributed by atoms with E-state index in [1.807, 2.05) is 30.0 Å². The van der Waals surface area contributed by atoms with Crippen LogP contribution in [-0.4, -0.2) is 46.2 Å². The van der Waals surface area contributed by atoms with Crippen molar-refractivity contribution in [1.29, 1.82) is 0 Å². The molecule has 1 amide bonds. The maximum absolute atomic E-state index is 14.6. The summed E-state index contributed by atoms with van der Waals surface area (Å²) in [4.78, 5) is 24.6. The first-order valence-electron chi connectivity index (χ1n) is 10.6. The summed E-state index contributed by atoms with van der Waals surface area (Å²) < 4.78 is 14.6. The number of amides is 1. The Morgan fingerprint density at radius 2 is 2.00 bits per heavy atom. The first kappa shape index (κ1) is 20.3. The molecule has 162 valence electrons. The monoisotopic (exact) mass is 430 g/mol. The number of fused-ring (bicyclic) bond motifs is 1. The Bertz CT molecular complexity index is 1230. The van der Waals surface area contributed by atoms with E-state index in [4.69, 9.17) is 0 Å². The Morgan fingerprint density at radius 3 is 2.78 bits per heavy atom. The van der Waals surface area contributed by atoms with Gasteiger partial charge in [0.1, 0.15) is 11.6 Å². The number of nitrogens with one attached hydrogen (secondary N) is 1. The van der Waals surface area contributed by atoms with Crippen LogP contribution in [0.2, 0.25) is 0 Å². The minimum atomic E-state index is -0.585. The van der Waals surface area contributed by atoms with E-state index in [9.17, 15) is 14.3 Å². The molecule has 1 fully saturated rings. The Hall–Kier alpha value is -3.58. The quantitative estimate of drug-likeness (QED) is 0.664. The van der Waals surface area contributed by atoms with Gasteiger partial charge in [-0.15, -0.1) is 0 Å². The van der Waals surface area contributed by atoms with Gasteiger partial charge in [-0.25, -0.2) is 9.37 Å².